The Balaban J connectivity index is 2.32. The molecule has 0 amide bonds. The molecule has 0 unspecified atom stereocenters. The van der Waals surface area contributed by atoms with Gasteiger partial charge >= 0.3 is 0 Å². The Morgan fingerprint density at radius 2 is 2.29 bits per heavy atom. The van der Waals surface area contributed by atoms with Crippen LogP contribution in [-0.2, 0) is 17.1 Å². The van der Waals surface area contributed by atoms with Crippen molar-refractivity contribution in [2.45, 2.75) is 4.21 Å². The second kappa shape index (κ2) is 4.15. The van der Waals surface area contributed by atoms with Crippen LogP contribution in [0.1, 0.15) is 4.88 Å². The summed E-state index contributed by atoms with van der Waals surface area (Å²) in [5, 5.41) is 12.4. The van der Waals surface area contributed by atoms with E-state index in [1.807, 2.05) is 6.07 Å². The molecule has 2 aromatic heterocycles. The first-order valence-corrected chi connectivity index (χ1v) is 6.69. The minimum atomic E-state index is -3.70. The molecule has 2 rings (SSSR count). The van der Waals surface area contributed by atoms with E-state index >= 15 is 0 Å². The monoisotopic (exact) mass is 269 g/mol. The molecule has 0 aliphatic rings. The van der Waals surface area contributed by atoms with Crippen LogP contribution in [-0.4, -0.2) is 23.2 Å². The van der Waals surface area contributed by atoms with E-state index < -0.39 is 10.0 Å². The lowest BCUT2D eigenvalue weighted by atomic mass is 10.5. The second-order valence-electron chi connectivity index (χ2n) is 3.04. The molecule has 0 atom stereocenters. The third-order valence-electron chi connectivity index (χ3n) is 1.89. The van der Waals surface area contributed by atoms with Crippen molar-refractivity contribution in [2.24, 2.45) is 7.05 Å². The van der Waals surface area contributed by atoms with Crippen molar-refractivity contribution in [1.82, 2.24) is 14.8 Å². The van der Waals surface area contributed by atoms with Gasteiger partial charge in [-0.3, -0.25) is 0 Å². The van der Waals surface area contributed by atoms with Crippen LogP contribution < -0.4 is 4.72 Å². The van der Waals surface area contributed by atoms with Gasteiger partial charge in [-0.25, -0.2) is 17.8 Å². The zero-order valence-corrected chi connectivity index (χ0v) is 10.3. The van der Waals surface area contributed by atoms with E-state index in [2.05, 4.69) is 14.8 Å². The van der Waals surface area contributed by atoms with Crippen molar-refractivity contribution in [2.75, 3.05) is 4.72 Å². The molecule has 0 aliphatic heterocycles. The van der Waals surface area contributed by atoms with Gasteiger partial charge < -0.3 is 0 Å². The molecule has 17 heavy (non-hydrogen) atoms. The van der Waals surface area contributed by atoms with Gasteiger partial charge in [-0.05, 0) is 12.1 Å². The maximum Gasteiger partial charge on any atom is 0.273 e. The van der Waals surface area contributed by atoms with E-state index in [1.54, 1.807) is 7.05 Å². The molecule has 2 heterocycles. The number of sulfonamides is 1. The number of nitriles is 1. The molecular formula is C8H7N5O2S2. The minimum absolute atomic E-state index is 0.0667. The average Bonchev–Trinajstić information content (AvgIpc) is 2.88. The van der Waals surface area contributed by atoms with Gasteiger partial charge in [0.15, 0.2) is 0 Å². The molecule has 0 aromatic carbocycles. The van der Waals surface area contributed by atoms with E-state index in [9.17, 15) is 8.42 Å². The van der Waals surface area contributed by atoms with Gasteiger partial charge in [-0.15, -0.1) is 11.3 Å². The lowest BCUT2D eigenvalue weighted by Crippen LogP contribution is -2.14. The van der Waals surface area contributed by atoms with Gasteiger partial charge in [0, 0.05) is 7.05 Å². The van der Waals surface area contributed by atoms with Crippen LogP contribution in [0.4, 0.5) is 5.95 Å². The number of aromatic nitrogens is 3. The number of anilines is 1. The van der Waals surface area contributed by atoms with Gasteiger partial charge in [0.2, 0.25) is 5.95 Å². The van der Waals surface area contributed by atoms with Crippen molar-refractivity contribution < 1.29 is 8.42 Å². The first kappa shape index (κ1) is 11.6. The zero-order valence-electron chi connectivity index (χ0n) is 8.65. The molecule has 88 valence electrons. The van der Waals surface area contributed by atoms with Crippen LogP contribution in [0.2, 0.25) is 0 Å². The molecule has 9 heteroatoms. The predicted molar refractivity (Wildman–Crippen MR) is 60.8 cm³/mol. The molecule has 0 aliphatic carbocycles. The van der Waals surface area contributed by atoms with E-state index in [0.717, 1.165) is 11.3 Å². The van der Waals surface area contributed by atoms with Crippen molar-refractivity contribution >= 4 is 27.3 Å². The van der Waals surface area contributed by atoms with Gasteiger partial charge in [-0.2, -0.15) is 15.3 Å². The molecule has 2 aromatic rings. The Morgan fingerprint density at radius 3 is 2.82 bits per heavy atom. The summed E-state index contributed by atoms with van der Waals surface area (Å²) < 4.78 is 27.4. The summed E-state index contributed by atoms with van der Waals surface area (Å²) in [7, 11) is -2.13. The van der Waals surface area contributed by atoms with Crippen molar-refractivity contribution in [3.8, 4) is 6.07 Å². The largest absolute Gasteiger partial charge is 0.273 e. The highest BCUT2D eigenvalue weighted by molar-refractivity contribution is 7.94. The standard InChI is InChI=1S/C8H7N5O2S2/c1-13-8(10-5-11-13)12-17(14,15)7-3-2-6(4-9)16-7/h2-3,5H,1H3,(H,10,11,12). The summed E-state index contributed by atoms with van der Waals surface area (Å²) in [6.45, 7) is 0. The average molecular weight is 269 g/mol. The molecule has 0 fully saturated rings. The number of nitrogens with zero attached hydrogens (tertiary/aromatic N) is 4. The molecule has 0 saturated carbocycles. The summed E-state index contributed by atoms with van der Waals surface area (Å²) in [5.74, 6) is 0.122. The highest BCUT2D eigenvalue weighted by atomic mass is 32.2. The fourth-order valence-corrected chi connectivity index (χ4v) is 3.22. The van der Waals surface area contributed by atoms with Crippen LogP contribution in [0, 0.1) is 11.3 Å². The number of rotatable bonds is 3. The molecule has 0 saturated heterocycles. The molecule has 1 N–H and O–H groups in total. The second-order valence-corrected chi connectivity index (χ2v) is 6.04. The van der Waals surface area contributed by atoms with E-state index in [-0.39, 0.29) is 10.2 Å². The Bertz CT molecular complexity index is 679. The summed E-state index contributed by atoms with van der Waals surface area (Å²) in [6.07, 6.45) is 1.24. The fourth-order valence-electron chi connectivity index (χ4n) is 1.08. The SMILES string of the molecule is Cn1ncnc1NS(=O)(=O)c1ccc(C#N)s1. The van der Waals surface area contributed by atoms with Crippen molar-refractivity contribution in [3.63, 3.8) is 0 Å². The van der Waals surface area contributed by atoms with Crippen molar-refractivity contribution in [1.29, 1.82) is 5.26 Å². The minimum Gasteiger partial charge on any atom is -0.247 e. The Labute approximate surface area is 101 Å². The molecule has 0 bridgehead atoms. The zero-order chi connectivity index (χ0) is 12.5. The van der Waals surface area contributed by atoms with Crippen LogP contribution in [0.3, 0.4) is 0 Å². The van der Waals surface area contributed by atoms with Crippen LogP contribution in [0.25, 0.3) is 0 Å². The lowest BCUT2D eigenvalue weighted by molar-refractivity contribution is 0.602. The Hall–Kier alpha value is -1.92. The number of aryl methyl sites for hydroxylation is 1. The Morgan fingerprint density at radius 1 is 1.53 bits per heavy atom. The third kappa shape index (κ3) is 2.27. The topological polar surface area (TPSA) is 101 Å². The normalized spacial score (nSPS) is 11.1. The van der Waals surface area contributed by atoms with Gasteiger partial charge in [0.1, 0.15) is 21.5 Å². The highest BCUT2D eigenvalue weighted by Crippen LogP contribution is 2.22. The maximum atomic E-state index is 11.9. The van der Waals surface area contributed by atoms with Crippen LogP contribution in [0.15, 0.2) is 22.7 Å². The van der Waals surface area contributed by atoms with Crippen LogP contribution in [0.5, 0.6) is 0 Å². The molecule has 0 radical (unpaired) electrons. The maximum absolute atomic E-state index is 11.9. The van der Waals surface area contributed by atoms with E-state index in [0.29, 0.717) is 4.88 Å². The molecular weight excluding hydrogens is 262 g/mol. The van der Waals surface area contributed by atoms with Gasteiger partial charge in [-0.1, -0.05) is 0 Å². The van der Waals surface area contributed by atoms with Gasteiger partial charge in [0.05, 0.1) is 0 Å². The van der Waals surface area contributed by atoms with E-state index in [1.165, 1.54) is 23.1 Å². The number of thiophene rings is 1. The summed E-state index contributed by atoms with van der Waals surface area (Å²) in [6, 6.07) is 4.71. The van der Waals surface area contributed by atoms with Crippen molar-refractivity contribution in [3.05, 3.63) is 23.3 Å². The number of nitrogens with one attached hydrogen (secondary N) is 1. The lowest BCUT2D eigenvalue weighted by Gasteiger charge is -2.03. The number of hydrogen-bond acceptors (Lipinski definition) is 6. The summed E-state index contributed by atoms with van der Waals surface area (Å²) in [4.78, 5) is 4.09. The smallest absolute Gasteiger partial charge is 0.247 e. The highest BCUT2D eigenvalue weighted by Gasteiger charge is 2.19. The van der Waals surface area contributed by atoms with Crippen LogP contribution >= 0.6 is 11.3 Å². The fraction of sp³-hybridized carbons (Fsp3) is 0.125. The number of hydrogen-bond donors (Lipinski definition) is 1. The first-order chi connectivity index (χ1) is 8.03. The predicted octanol–water partition coefficient (Wildman–Crippen LogP) is 0.549. The summed E-state index contributed by atoms with van der Waals surface area (Å²) >= 11 is 0.899. The summed E-state index contributed by atoms with van der Waals surface area (Å²) in [5.41, 5.74) is 0. The third-order valence-corrected chi connectivity index (χ3v) is 4.70. The first-order valence-electron chi connectivity index (χ1n) is 4.39. The quantitative estimate of drug-likeness (QED) is 0.876. The van der Waals surface area contributed by atoms with E-state index in [4.69, 9.17) is 5.26 Å². The molecule has 0 spiro atoms. The Kier molecular flexibility index (Phi) is 2.83. The van der Waals surface area contributed by atoms with Gasteiger partial charge in [0.25, 0.3) is 10.0 Å². The molecule has 7 nitrogen and oxygen atoms in total.